The third kappa shape index (κ3) is 3.05. The molecule has 0 bridgehead atoms. The lowest BCUT2D eigenvalue weighted by Gasteiger charge is -2.33. The molecule has 2 aromatic carbocycles. The van der Waals surface area contributed by atoms with E-state index in [1.165, 1.54) is 6.07 Å². The van der Waals surface area contributed by atoms with Gasteiger partial charge in [0.15, 0.2) is 0 Å². The van der Waals surface area contributed by atoms with E-state index in [4.69, 9.17) is 5.73 Å². The van der Waals surface area contributed by atoms with Crippen LogP contribution in [0.1, 0.15) is 25.3 Å². The smallest absolute Gasteiger partial charge is 0.247 e. The number of para-hydroxylation sites is 1. The Kier molecular flexibility index (Phi) is 4.58. The van der Waals surface area contributed by atoms with Crippen molar-refractivity contribution in [2.24, 2.45) is 5.73 Å². The normalized spacial score (nSPS) is 13.4. The Bertz CT molecular complexity index is 615. The monoisotopic (exact) mass is 286 g/mol. The first-order valence-corrected chi connectivity index (χ1v) is 6.98. The van der Waals surface area contributed by atoms with E-state index in [0.717, 1.165) is 12.0 Å². The van der Waals surface area contributed by atoms with Crippen molar-refractivity contribution in [3.63, 3.8) is 0 Å². The molecular weight excluding hydrogens is 267 g/mol. The van der Waals surface area contributed by atoms with Crippen molar-refractivity contribution in [1.82, 2.24) is 0 Å². The van der Waals surface area contributed by atoms with Gasteiger partial charge in [-0.3, -0.25) is 4.79 Å². The number of benzene rings is 2. The Hall–Kier alpha value is -2.36. The molecule has 3 N–H and O–H groups in total. The summed E-state index contributed by atoms with van der Waals surface area (Å²) in [6, 6.07) is 15.5. The van der Waals surface area contributed by atoms with Gasteiger partial charge in [0.1, 0.15) is 11.4 Å². The molecule has 0 aromatic heterocycles. The largest absolute Gasteiger partial charge is 0.367 e. The van der Waals surface area contributed by atoms with E-state index in [1.54, 1.807) is 18.2 Å². The van der Waals surface area contributed by atoms with Crippen molar-refractivity contribution in [3.05, 3.63) is 66.0 Å². The molecule has 2 rings (SSSR count). The summed E-state index contributed by atoms with van der Waals surface area (Å²) in [5.41, 5.74) is 5.56. The van der Waals surface area contributed by atoms with Crippen molar-refractivity contribution < 1.29 is 9.18 Å². The van der Waals surface area contributed by atoms with Gasteiger partial charge in [0.2, 0.25) is 5.91 Å². The molecule has 0 radical (unpaired) electrons. The highest BCUT2D eigenvalue weighted by molar-refractivity contribution is 5.89. The Morgan fingerprint density at radius 1 is 1.14 bits per heavy atom. The van der Waals surface area contributed by atoms with Gasteiger partial charge in [0.25, 0.3) is 0 Å². The zero-order valence-electron chi connectivity index (χ0n) is 12.0. The van der Waals surface area contributed by atoms with Crippen molar-refractivity contribution in [2.45, 2.75) is 25.3 Å². The van der Waals surface area contributed by atoms with Crippen LogP contribution in [0.3, 0.4) is 0 Å². The van der Waals surface area contributed by atoms with Crippen LogP contribution in [-0.4, -0.2) is 5.91 Å². The van der Waals surface area contributed by atoms with Crippen LogP contribution in [0, 0.1) is 5.82 Å². The number of carbonyl (C=O) groups excluding carboxylic acids is 1. The van der Waals surface area contributed by atoms with E-state index in [0.29, 0.717) is 6.42 Å². The number of nitrogens with two attached hydrogens (primary N) is 1. The molecule has 2 aromatic rings. The summed E-state index contributed by atoms with van der Waals surface area (Å²) in [4.78, 5) is 12.2. The quantitative estimate of drug-likeness (QED) is 0.855. The number of nitrogens with one attached hydrogen (secondary N) is 1. The lowest BCUT2D eigenvalue weighted by atomic mass is 9.84. The van der Waals surface area contributed by atoms with Crippen LogP contribution in [0.5, 0.6) is 0 Å². The molecule has 1 atom stereocenters. The zero-order chi connectivity index (χ0) is 15.3. The predicted molar refractivity (Wildman–Crippen MR) is 82.2 cm³/mol. The van der Waals surface area contributed by atoms with Gasteiger partial charge < -0.3 is 11.1 Å². The second-order valence-corrected chi connectivity index (χ2v) is 4.99. The van der Waals surface area contributed by atoms with E-state index in [1.807, 2.05) is 37.3 Å². The highest BCUT2D eigenvalue weighted by atomic mass is 19.1. The van der Waals surface area contributed by atoms with Gasteiger partial charge in [0, 0.05) is 0 Å². The van der Waals surface area contributed by atoms with Crippen LogP contribution < -0.4 is 11.1 Å². The van der Waals surface area contributed by atoms with Gasteiger partial charge in [-0.05, 0) is 24.1 Å². The number of rotatable bonds is 6. The third-order valence-corrected chi connectivity index (χ3v) is 3.53. The Morgan fingerprint density at radius 3 is 2.33 bits per heavy atom. The summed E-state index contributed by atoms with van der Waals surface area (Å²) in [7, 11) is 0. The van der Waals surface area contributed by atoms with E-state index < -0.39 is 17.3 Å². The standard InChI is InChI=1S/C17H19FN2O/c1-2-12-17(16(19)21,13-8-4-3-5-9-13)20-15-11-7-6-10-14(15)18/h3-11,20H,2,12H2,1H3,(H2,19,21). The number of amides is 1. The SMILES string of the molecule is CCCC(Nc1ccccc1F)(C(N)=O)c1ccccc1. The molecule has 21 heavy (non-hydrogen) atoms. The molecule has 0 saturated heterocycles. The van der Waals surface area contributed by atoms with E-state index in [2.05, 4.69) is 5.32 Å². The summed E-state index contributed by atoms with van der Waals surface area (Å²) in [5.74, 6) is -0.922. The molecular formula is C17H19FN2O. The average Bonchev–Trinajstić information content (AvgIpc) is 2.49. The Morgan fingerprint density at radius 2 is 1.76 bits per heavy atom. The van der Waals surface area contributed by atoms with E-state index in [-0.39, 0.29) is 5.69 Å². The fraction of sp³-hybridized carbons (Fsp3) is 0.235. The molecule has 0 aliphatic carbocycles. The summed E-state index contributed by atoms with van der Waals surface area (Å²) >= 11 is 0. The van der Waals surface area contributed by atoms with Gasteiger partial charge in [-0.15, -0.1) is 0 Å². The Labute approximate surface area is 124 Å². The highest BCUT2D eigenvalue weighted by Gasteiger charge is 2.38. The number of hydrogen-bond acceptors (Lipinski definition) is 2. The summed E-state index contributed by atoms with van der Waals surface area (Å²) in [5, 5.41) is 3.03. The maximum atomic E-state index is 13.9. The molecule has 0 aliphatic heterocycles. The summed E-state index contributed by atoms with van der Waals surface area (Å²) in [6.07, 6.45) is 1.22. The first-order chi connectivity index (χ1) is 10.1. The van der Waals surface area contributed by atoms with Crippen LogP contribution in [0.25, 0.3) is 0 Å². The van der Waals surface area contributed by atoms with Crippen LogP contribution in [0.4, 0.5) is 10.1 Å². The molecule has 0 spiro atoms. The maximum Gasteiger partial charge on any atom is 0.247 e. The minimum absolute atomic E-state index is 0.272. The van der Waals surface area contributed by atoms with Crippen LogP contribution >= 0.6 is 0 Å². The predicted octanol–water partition coefficient (Wildman–Crippen LogP) is 3.42. The fourth-order valence-corrected chi connectivity index (χ4v) is 2.50. The molecule has 0 saturated carbocycles. The van der Waals surface area contributed by atoms with Crippen molar-refractivity contribution in [1.29, 1.82) is 0 Å². The van der Waals surface area contributed by atoms with Gasteiger partial charge in [-0.2, -0.15) is 0 Å². The number of anilines is 1. The summed E-state index contributed by atoms with van der Waals surface area (Å²) < 4.78 is 13.9. The lowest BCUT2D eigenvalue weighted by Crippen LogP contribution is -2.48. The van der Waals surface area contributed by atoms with Crippen LogP contribution in [-0.2, 0) is 10.3 Å². The third-order valence-electron chi connectivity index (χ3n) is 3.53. The van der Waals surface area contributed by atoms with Gasteiger partial charge in [-0.25, -0.2) is 4.39 Å². The Balaban J connectivity index is 2.50. The topological polar surface area (TPSA) is 55.1 Å². The molecule has 3 nitrogen and oxygen atoms in total. The first kappa shape index (κ1) is 15.0. The second-order valence-electron chi connectivity index (χ2n) is 4.99. The minimum Gasteiger partial charge on any atom is -0.367 e. The van der Waals surface area contributed by atoms with Crippen molar-refractivity contribution in [3.8, 4) is 0 Å². The number of primary amides is 1. The molecule has 1 amide bonds. The van der Waals surface area contributed by atoms with Crippen molar-refractivity contribution in [2.75, 3.05) is 5.32 Å². The summed E-state index contributed by atoms with van der Waals surface area (Å²) in [6.45, 7) is 1.96. The molecule has 1 unspecified atom stereocenters. The maximum absolute atomic E-state index is 13.9. The van der Waals surface area contributed by atoms with Crippen molar-refractivity contribution >= 4 is 11.6 Å². The molecule has 0 fully saturated rings. The van der Waals surface area contributed by atoms with Crippen LogP contribution in [0.2, 0.25) is 0 Å². The zero-order valence-corrected chi connectivity index (χ0v) is 12.0. The second kappa shape index (κ2) is 6.39. The first-order valence-electron chi connectivity index (χ1n) is 6.98. The van der Waals surface area contributed by atoms with E-state index >= 15 is 0 Å². The molecule has 4 heteroatoms. The lowest BCUT2D eigenvalue weighted by molar-refractivity contribution is -0.122. The van der Waals surface area contributed by atoms with E-state index in [9.17, 15) is 9.18 Å². The van der Waals surface area contributed by atoms with Crippen LogP contribution in [0.15, 0.2) is 54.6 Å². The highest BCUT2D eigenvalue weighted by Crippen LogP contribution is 2.32. The molecule has 110 valence electrons. The van der Waals surface area contributed by atoms with Gasteiger partial charge in [-0.1, -0.05) is 55.8 Å². The molecule has 0 aliphatic rings. The number of halogens is 1. The number of carbonyl (C=O) groups is 1. The average molecular weight is 286 g/mol. The number of hydrogen-bond donors (Lipinski definition) is 2. The van der Waals surface area contributed by atoms with Gasteiger partial charge >= 0.3 is 0 Å². The van der Waals surface area contributed by atoms with Gasteiger partial charge in [0.05, 0.1) is 5.69 Å². The molecule has 0 heterocycles. The fourth-order valence-electron chi connectivity index (χ4n) is 2.50. The minimum atomic E-state index is -1.11.